The van der Waals surface area contributed by atoms with Crippen LogP contribution in [0.1, 0.15) is 11.6 Å². The van der Waals surface area contributed by atoms with Gasteiger partial charge in [0.25, 0.3) is 0 Å². The lowest BCUT2D eigenvalue weighted by Crippen LogP contribution is -2.50. The highest BCUT2D eigenvalue weighted by Gasteiger charge is 2.26. The summed E-state index contributed by atoms with van der Waals surface area (Å²) in [5.74, 6) is 0.864. The normalized spacial score (nSPS) is 15.9. The molecule has 1 aliphatic heterocycles. The molecule has 1 aromatic heterocycles. The Balaban J connectivity index is 1.65. The second kappa shape index (κ2) is 9.23. The van der Waals surface area contributed by atoms with Crippen LogP contribution in [0.5, 0.6) is 5.75 Å². The molecular formula is C20H26N4O3. The number of anilines is 1. The lowest BCUT2D eigenvalue weighted by atomic mass is 10.1. The van der Waals surface area contributed by atoms with Gasteiger partial charge in [0.2, 0.25) is 0 Å². The van der Waals surface area contributed by atoms with Gasteiger partial charge in [0.1, 0.15) is 5.75 Å². The average molecular weight is 370 g/mol. The topological polar surface area (TPSA) is 66.9 Å². The molecule has 1 N–H and O–H groups in total. The first kappa shape index (κ1) is 19.0. The molecule has 0 spiro atoms. The molecule has 7 nitrogen and oxygen atoms in total. The molecule has 1 aromatic carbocycles. The molecule has 144 valence electrons. The zero-order chi connectivity index (χ0) is 19.1. The maximum atomic E-state index is 11.5. The Kier molecular flexibility index (Phi) is 6.49. The van der Waals surface area contributed by atoms with Crippen molar-refractivity contribution in [3.05, 3.63) is 54.4 Å². The Morgan fingerprint density at radius 1 is 1.15 bits per heavy atom. The van der Waals surface area contributed by atoms with Crippen LogP contribution in [0.3, 0.4) is 0 Å². The third kappa shape index (κ3) is 4.89. The van der Waals surface area contributed by atoms with E-state index < -0.39 is 6.09 Å². The Morgan fingerprint density at radius 3 is 2.48 bits per heavy atom. The third-order valence-electron chi connectivity index (χ3n) is 4.89. The summed E-state index contributed by atoms with van der Waals surface area (Å²) in [7, 11) is 3.05. The predicted molar refractivity (Wildman–Crippen MR) is 104 cm³/mol. The van der Waals surface area contributed by atoms with Crippen molar-refractivity contribution in [1.29, 1.82) is 0 Å². The summed E-state index contributed by atoms with van der Waals surface area (Å²) in [5.41, 5.74) is 2.29. The largest absolute Gasteiger partial charge is 0.497 e. The van der Waals surface area contributed by atoms with E-state index in [9.17, 15) is 4.79 Å². The monoisotopic (exact) mass is 370 g/mol. The molecule has 1 amide bonds. The number of ether oxygens (including phenoxy) is 2. The minimum atomic E-state index is -0.416. The number of alkyl carbamates (subject to hydrolysis) is 1. The third-order valence-corrected chi connectivity index (χ3v) is 4.89. The van der Waals surface area contributed by atoms with Crippen LogP contribution >= 0.6 is 0 Å². The maximum Gasteiger partial charge on any atom is 0.406 e. The van der Waals surface area contributed by atoms with E-state index in [0.29, 0.717) is 6.54 Å². The van der Waals surface area contributed by atoms with Crippen LogP contribution in [0.2, 0.25) is 0 Å². The van der Waals surface area contributed by atoms with E-state index >= 15 is 0 Å². The first-order valence-corrected chi connectivity index (χ1v) is 9.06. The summed E-state index contributed by atoms with van der Waals surface area (Å²) in [6.07, 6.45) is 3.20. The number of benzene rings is 1. The number of carbonyl (C=O) groups is 1. The molecule has 1 aliphatic rings. The number of rotatable bonds is 6. The van der Waals surface area contributed by atoms with Crippen molar-refractivity contribution < 1.29 is 14.3 Å². The molecule has 0 saturated carbocycles. The standard InChI is InChI=1S/C20H26N4O3/c1-26-18-7-5-17(6-8-18)23-10-12-24(13-11-23)19(15-22-20(25)27-2)16-4-3-9-21-14-16/h3-9,14,19H,10-13,15H2,1-2H3,(H,22,25). The van der Waals surface area contributed by atoms with Gasteiger partial charge in [0.15, 0.2) is 0 Å². The summed E-state index contributed by atoms with van der Waals surface area (Å²) in [6, 6.07) is 12.2. The van der Waals surface area contributed by atoms with Gasteiger partial charge in [-0.05, 0) is 35.9 Å². The number of nitrogens with zero attached hydrogens (tertiary/aromatic N) is 3. The number of pyridine rings is 1. The van der Waals surface area contributed by atoms with E-state index in [-0.39, 0.29) is 6.04 Å². The molecule has 0 bridgehead atoms. The lowest BCUT2D eigenvalue weighted by molar-refractivity contribution is 0.154. The number of piperazine rings is 1. The second-order valence-electron chi connectivity index (χ2n) is 6.40. The minimum absolute atomic E-state index is 0.0656. The lowest BCUT2D eigenvalue weighted by Gasteiger charge is -2.40. The quantitative estimate of drug-likeness (QED) is 0.842. The molecule has 1 fully saturated rings. The number of carbonyl (C=O) groups excluding carboxylic acids is 1. The molecule has 1 unspecified atom stereocenters. The highest BCUT2D eigenvalue weighted by atomic mass is 16.5. The fourth-order valence-corrected chi connectivity index (χ4v) is 3.37. The first-order valence-electron chi connectivity index (χ1n) is 9.06. The van der Waals surface area contributed by atoms with E-state index in [1.807, 2.05) is 30.5 Å². The van der Waals surface area contributed by atoms with E-state index in [2.05, 4.69) is 32.2 Å². The van der Waals surface area contributed by atoms with Crippen molar-refractivity contribution in [2.45, 2.75) is 6.04 Å². The molecule has 27 heavy (non-hydrogen) atoms. The van der Waals surface area contributed by atoms with Crippen LogP contribution < -0.4 is 15.0 Å². The van der Waals surface area contributed by atoms with Gasteiger partial charge in [-0.2, -0.15) is 0 Å². The van der Waals surface area contributed by atoms with Crippen molar-refractivity contribution in [2.75, 3.05) is 51.8 Å². The van der Waals surface area contributed by atoms with Crippen molar-refractivity contribution in [1.82, 2.24) is 15.2 Å². The van der Waals surface area contributed by atoms with Crippen LogP contribution in [-0.4, -0.2) is 62.9 Å². The molecule has 3 rings (SSSR count). The Labute approximate surface area is 159 Å². The highest BCUT2D eigenvalue weighted by Crippen LogP contribution is 2.24. The molecule has 2 heterocycles. The van der Waals surface area contributed by atoms with Gasteiger partial charge in [-0.15, -0.1) is 0 Å². The van der Waals surface area contributed by atoms with Crippen LogP contribution in [0.4, 0.5) is 10.5 Å². The van der Waals surface area contributed by atoms with Crippen molar-refractivity contribution in [3.63, 3.8) is 0 Å². The first-order chi connectivity index (χ1) is 13.2. The molecule has 0 radical (unpaired) electrons. The Hall–Kier alpha value is -2.80. The van der Waals surface area contributed by atoms with Crippen molar-refractivity contribution in [2.24, 2.45) is 0 Å². The highest BCUT2D eigenvalue weighted by molar-refractivity contribution is 5.66. The zero-order valence-electron chi connectivity index (χ0n) is 15.8. The van der Waals surface area contributed by atoms with Gasteiger partial charge in [-0.1, -0.05) is 6.07 Å². The molecule has 7 heteroatoms. The Bertz CT molecular complexity index is 716. The molecular weight excluding hydrogens is 344 g/mol. The van der Waals surface area contributed by atoms with Crippen LogP contribution in [0.15, 0.2) is 48.8 Å². The van der Waals surface area contributed by atoms with Crippen molar-refractivity contribution in [3.8, 4) is 5.75 Å². The Morgan fingerprint density at radius 2 is 1.89 bits per heavy atom. The summed E-state index contributed by atoms with van der Waals surface area (Å²) >= 11 is 0. The molecule has 0 aliphatic carbocycles. The fourth-order valence-electron chi connectivity index (χ4n) is 3.37. The van der Waals surface area contributed by atoms with E-state index in [4.69, 9.17) is 9.47 Å². The maximum absolute atomic E-state index is 11.5. The van der Waals surface area contributed by atoms with Gasteiger partial charge in [0, 0.05) is 50.8 Å². The smallest absolute Gasteiger partial charge is 0.406 e. The van der Waals surface area contributed by atoms with Gasteiger partial charge >= 0.3 is 6.09 Å². The molecule has 1 saturated heterocycles. The summed E-state index contributed by atoms with van der Waals surface area (Å²) < 4.78 is 9.95. The second-order valence-corrected chi connectivity index (χ2v) is 6.40. The molecule has 1 atom stereocenters. The minimum Gasteiger partial charge on any atom is -0.497 e. The number of methoxy groups -OCH3 is 2. The van der Waals surface area contributed by atoms with E-state index in [1.54, 1.807) is 13.3 Å². The summed E-state index contributed by atoms with van der Waals surface area (Å²) in [4.78, 5) is 20.5. The average Bonchev–Trinajstić information content (AvgIpc) is 2.75. The van der Waals surface area contributed by atoms with Crippen LogP contribution in [-0.2, 0) is 4.74 Å². The fraction of sp³-hybridized carbons (Fsp3) is 0.400. The van der Waals surface area contributed by atoms with E-state index in [0.717, 1.165) is 37.5 Å². The van der Waals surface area contributed by atoms with Crippen LogP contribution in [0, 0.1) is 0 Å². The SMILES string of the molecule is COC(=O)NCC(c1cccnc1)N1CCN(c2ccc(OC)cc2)CC1. The number of hydrogen-bond acceptors (Lipinski definition) is 6. The molecule has 2 aromatic rings. The predicted octanol–water partition coefficient (Wildman–Crippen LogP) is 2.31. The summed E-state index contributed by atoms with van der Waals surface area (Å²) in [5, 5.41) is 2.83. The van der Waals surface area contributed by atoms with Crippen LogP contribution in [0.25, 0.3) is 0 Å². The number of amides is 1. The van der Waals surface area contributed by atoms with Gasteiger partial charge in [-0.25, -0.2) is 4.79 Å². The summed E-state index contributed by atoms with van der Waals surface area (Å²) in [6.45, 7) is 4.12. The van der Waals surface area contributed by atoms with Gasteiger partial charge in [-0.3, -0.25) is 9.88 Å². The van der Waals surface area contributed by atoms with Gasteiger partial charge in [0.05, 0.1) is 20.3 Å². The number of nitrogens with one attached hydrogen (secondary N) is 1. The zero-order valence-corrected chi connectivity index (χ0v) is 15.8. The van der Waals surface area contributed by atoms with E-state index in [1.165, 1.54) is 12.8 Å². The van der Waals surface area contributed by atoms with Crippen molar-refractivity contribution >= 4 is 11.8 Å². The number of hydrogen-bond donors (Lipinski definition) is 1. The number of aromatic nitrogens is 1. The van der Waals surface area contributed by atoms with Gasteiger partial charge < -0.3 is 19.7 Å².